The normalized spacial score (nSPS) is 17.7. The summed E-state index contributed by atoms with van der Waals surface area (Å²) in [5.41, 5.74) is -1.92. The Morgan fingerprint density at radius 2 is 1.69 bits per heavy atom. The largest absolute Gasteiger partial charge is 0.416 e. The van der Waals surface area contributed by atoms with Crippen molar-refractivity contribution in [2.24, 2.45) is 5.41 Å². The summed E-state index contributed by atoms with van der Waals surface area (Å²) >= 11 is 4.12. The van der Waals surface area contributed by atoms with E-state index in [1.165, 1.54) is 6.07 Å². The standard InChI is InChI=1S/C24H21BrF3N5O5S/c25-17-9-14(1-2-18(17)32(35)36)12-30-6-3-23(13-30)4-7-31(8-5-23)22-29-21(34)16-10-15(24(26,27)28)11-19(33(37)38)20(16)39-22/h1-2,9-11H,3-8,12-13H2. The average molecular weight is 628 g/mol. The van der Waals surface area contributed by atoms with Gasteiger partial charge in [-0.1, -0.05) is 17.4 Å². The van der Waals surface area contributed by atoms with Crippen molar-refractivity contribution in [1.29, 1.82) is 0 Å². The van der Waals surface area contributed by atoms with Gasteiger partial charge in [0.25, 0.3) is 16.9 Å². The van der Waals surface area contributed by atoms with Gasteiger partial charge in [-0.05, 0) is 64.8 Å². The predicted octanol–water partition coefficient (Wildman–Crippen LogP) is 5.75. The molecule has 2 fully saturated rings. The first-order valence-electron chi connectivity index (χ1n) is 12.0. The van der Waals surface area contributed by atoms with E-state index in [9.17, 15) is 38.2 Å². The van der Waals surface area contributed by atoms with Crippen LogP contribution >= 0.6 is 27.3 Å². The lowest BCUT2D eigenvalue weighted by molar-refractivity contribution is -0.385. The van der Waals surface area contributed by atoms with Crippen molar-refractivity contribution in [3.05, 3.63) is 76.5 Å². The minimum absolute atomic E-state index is 0.0136. The molecule has 3 aromatic rings. The fourth-order valence-corrected chi connectivity index (χ4v) is 7.06. The number of nitro groups is 2. The van der Waals surface area contributed by atoms with E-state index in [1.807, 2.05) is 4.90 Å². The highest BCUT2D eigenvalue weighted by Crippen LogP contribution is 2.43. The zero-order valence-corrected chi connectivity index (χ0v) is 22.6. The molecule has 10 nitrogen and oxygen atoms in total. The fraction of sp³-hybridized carbons (Fsp3) is 0.417. The third kappa shape index (κ3) is 5.47. The van der Waals surface area contributed by atoms with Crippen molar-refractivity contribution in [3.63, 3.8) is 0 Å². The molecule has 0 amide bonds. The molecule has 1 spiro atoms. The van der Waals surface area contributed by atoms with Gasteiger partial charge < -0.3 is 4.90 Å². The fourth-order valence-electron chi connectivity index (χ4n) is 5.37. The van der Waals surface area contributed by atoms with Gasteiger partial charge in [-0.15, -0.1) is 0 Å². The number of fused-ring (bicyclic) bond motifs is 1. The molecule has 2 aromatic carbocycles. The first kappa shape index (κ1) is 27.4. The number of anilines is 1. The van der Waals surface area contributed by atoms with Crippen LogP contribution in [-0.4, -0.2) is 45.9 Å². The lowest BCUT2D eigenvalue weighted by atomic mass is 9.78. The maximum absolute atomic E-state index is 13.2. The number of piperidine rings is 1. The smallest absolute Gasteiger partial charge is 0.348 e. The molecule has 0 atom stereocenters. The molecule has 15 heteroatoms. The first-order valence-corrected chi connectivity index (χ1v) is 13.6. The molecule has 0 saturated carbocycles. The van der Waals surface area contributed by atoms with Gasteiger partial charge in [0.05, 0.1) is 25.3 Å². The minimum atomic E-state index is -4.83. The molecule has 2 saturated heterocycles. The van der Waals surface area contributed by atoms with Crippen LogP contribution in [0.25, 0.3) is 10.1 Å². The lowest BCUT2D eigenvalue weighted by Gasteiger charge is -2.39. The van der Waals surface area contributed by atoms with E-state index >= 15 is 0 Å². The summed E-state index contributed by atoms with van der Waals surface area (Å²) in [4.78, 5) is 42.1. The maximum Gasteiger partial charge on any atom is 0.416 e. The van der Waals surface area contributed by atoms with Crippen LogP contribution < -0.4 is 10.5 Å². The van der Waals surface area contributed by atoms with Gasteiger partial charge in [0.1, 0.15) is 4.70 Å². The molecule has 206 valence electrons. The molecule has 3 heterocycles. The molecule has 2 aliphatic heterocycles. The molecule has 0 N–H and O–H groups in total. The monoisotopic (exact) mass is 627 g/mol. The number of hydrogen-bond donors (Lipinski definition) is 0. The molecule has 0 unspecified atom stereocenters. The summed E-state index contributed by atoms with van der Waals surface area (Å²) in [6.07, 6.45) is -2.28. The molecule has 0 bridgehead atoms. The van der Waals surface area contributed by atoms with Crippen LogP contribution in [0.1, 0.15) is 30.4 Å². The van der Waals surface area contributed by atoms with Crippen molar-refractivity contribution in [2.45, 2.75) is 32.0 Å². The Morgan fingerprint density at radius 3 is 2.31 bits per heavy atom. The SMILES string of the molecule is O=c1nc(N2CCC3(CCN(Cc4ccc([N+](=O)[O-])c(Br)c4)C3)CC2)sc2c([N+](=O)[O-])cc(C(F)(F)F)cc12. The van der Waals surface area contributed by atoms with Gasteiger partial charge in [-0.25, -0.2) is 0 Å². The van der Waals surface area contributed by atoms with E-state index in [-0.39, 0.29) is 20.9 Å². The van der Waals surface area contributed by atoms with E-state index in [0.717, 1.165) is 49.3 Å². The number of hydrogen-bond acceptors (Lipinski definition) is 9. The number of benzene rings is 2. The Hall–Kier alpha value is -3.17. The topological polar surface area (TPSA) is 123 Å². The van der Waals surface area contributed by atoms with Crippen LogP contribution in [0.15, 0.2) is 39.6 Å². The molecule has 1 aromatic heterocycles. The van der Waals surface area contributed by atoms with Crippen LogP contribution in [0.4, 0.5) is 29.7 Å². The molecule has 5 rings (SSSR count). The Bertz CT molecular complexity index is 1540. The van der Waals surface area contributed by atoms with Gasteiger partial charge in [-0.3, -0.25) is 29.9 Å². The van der Waals surface area contributed by atoms with Crippen LogP contribution in [0.5, 0.6) is 0 Å². The zero-order valence-electron chi connectivity index (χ0n) is 20.2. The Balaban J connectivity index is 1.31. The Kier molecular flexibility index (Phi) is 7.09. The maximum atomic E-state index is 13.2. The second-order valence-corrected chi connectivity index (χ2v) is 11.8. The van der Waals surface area contributed by atoms with Gasteiger partial charge in [0, 0.05) is 38.3 Å². The summed E-state index contributed by atoms with van der Waals surface area (Å²) in [5, 5.41) is 22.5. The zero-order chi connectivity index (χ0) is 28.1. The van der Waals surface area contributed by atoms with Crippen molar-refractivity contribution in [1.82, 2.24) is 9.88 Å². The van der Waals surface area contributed by atoms with E-state index in [4.69, 9.17) is 0 Å². The second-order valence-electron chi connectivity index (χ2n) is 9.92. The molecule has 0 aliphatic carbocycles. The number of nitrogens with zero attached hydrogens (tertiary/aromatic N) is 5. The summed E-state index contributed by atoms with van der Waals surface area (Å²) in [6, 6.07) is 6.08. The van der Waals surface area contributed by atoms with Crippen molar-refractivity contribution in [3.8, 4) is 0 Å². The molecular weight excluding hydrogens is 607 g/mol. The summed E-state index contributed by atoms with van der Waals surface area (Å²) in [5.74, 6) is 0. The quantitative estimate of drug-likeness (QED) is 0.259. The highest BCUT2D eigenvalue weighted by Gasteiger charge is 2.41. The number of likely N-dealkylation sites (tertiary alicyclic amines) is 1. The first-order chi connectivity index (χ1) is 18.3. The van der Waals surface area contributed by atoms with Crippen molar-refractivity contribution < 1.29 is 23.0 Å². The van der Waals surface area contributed by atoms with Crippen molar-refractivity contribution >= 4 is 53.9 Å². The van der Waals surface area contributed by atoms with Crippen LogP contribution in [0.2, 0.25) is 0 Å². The van der Waals surface area contributed by atoms with E-state index in [1.54, 1.807) is 12.1 Å². The number of nitro benzene ring substituents is 2. The number of halogens is 4. The van der Waals surface area contributed by atoms with E-state index in [0.29, 0.717) is 36.2 Å². The summed E-state index contributed by atoms with van der Waals surface area (Å²) < 4.78 is 40.0. The van der Waals surface area contributed by atoms with Gasteiger partial charge in [-0.2, -0.15) is 18.2 Å². The van der Waals surface area contributed by atoms with Gasteiger partial charge >= 0.3 is 6.18 Å². The van der Waals surface area contributed by atoms with Crippen LogP contribution in [0, 0.1) is 25.6 Å². The third-order valence-corrected chi connectivity index (χ3v) is 9.24. The van der Waals surface area contributed by atoms with Crippen LogP contribution in [-0.2, 0) is 12.7 Å². The third-order valence-electron chi connectivity index (χ3n) is 7.44. The summed E-state index contributed by atoms with van der Waals surface area (Å²) in [6.45, 7) is 3.46. The average Bonchev–Trinajstić information content (AvgIpc) is 3.24. The number of alkyl halides is 3. The molecule has 2 aliphatic rings. The highest BCUT2D eigenvalue weighted by atomic mass is 79.9. The Labute approximate surface area is 231 Å². The molecule has 39 heavy (non-hydrogen) atoms. The highest BCUT2D eigenvalue weighted by molar-refractivity contribution is 9.10. The van der Waals surface area contributed by atoms with E-state index < -0.39 is 38.2 Å². The summed E-state index contributed by atoms with van der Waals surface area (Å²) in [7, 11) is 0. The minimum Gasteiger partial charge on any atom is -0.348 e. The van der Waals surface area contributed by atoms with Gasteiger partial charge in [0.15, 0.2) is 5.13 Å². The number of rotatable bonds is 5. The van der Waals surface area contributed by atoms with Crippen molar-refractivity contribution in [2.75, 3.05) is 31.1 Å². The number of non-ortho nitro benzene ring substituents is 1. The van der Waals surface area contributed by atoms with Gasteiger partial charge in [0.2, 0.25) is 0 Å². The Morgan fingerprint density at radius 1 is 1.03 bits per heavy atom. The van der Waals surface area contributed by atoms with E-state index in [2.05, 4.69) is 25.8 Å². The predicted molar refractivity (Wildman–Crippen MR) is 142 cm³/mol. The lowest BCUT2D eigenvalue weighted by Crippen LogP contribution is -2.42. The second kappa shape index (κ2) is 10.1. The number of aromatic nitrogens is 1. The molecular formula is C24H21BrF3N5O5S. The molecule has 0 radical (unpaired) electrons. The van der Waals surface area contributed by atoms with Crippen LogP contribution in [0.3, 0.4) is 0 Å².